The van der Waals surface area contributed by atoms with Crippen LogP contribution >= 0.6 is 0 Å². The van der Waals surface area contributed by atoms with Crippen LogP contribution in [-0.4, -0.2) is 36.1 Å². The second kappa shape index (κ2) is 6.39. The summed E-state index contributed by atoms with van der Waals surface area (Å²) in [6.45, 7) is 8.72. The van der Waals surface area contributed by atoms with Crippen LogP contribution in [0.1, 0.15) is 55.8 Å². The maximum atomic E-state index is 11.9. The largest absolute Gasteiger partial charge is 0.428 e. The zero-order valence-electron chi connectivity index (χ0n) is 13.6. The molecule has 0 aromatic heterocycles. The zero-order valence-corrected chi connectivity index (χ0v) is 13.6. The molecule has 4 nitrogen and oxygen atoms in total. The fourth-order valence-corrected chi connectivity index (χ4v) is 3.90. The van der Waals surface area contributed by atoms with Crippen molar-refractivity contribution in [3.05, 3.63) is 35.4 Å². The summed E-state index contributed by atoms with van der Waals surface area (Å²) in [6.07, 6.45) is 1.77. The molecule has 2 aliphatic rings. The first-order chi connectivity index (χ1) is 10.7. The minimum absolute atomic E-state index is 0.124. The van der Waals surface area contributed by atoms with Crippen molar-refractivity contribution in [1.82, 2.24) is 4.90 Å². The first-order valence-corrected chi connectivity index (χ1v) is 8.35. The summed E-state index contributed by atoms with van der Waals surface area (Å²) >= 11 is 0. The van der Waals surface area contributed by atoms with Gasteiger partial charge in [0.15, 0.2) is 0 Å². The third-order valence-electron chi connectivity index (χ3n) is 5.05. The number of nitrogens with zero attached hydrogens (tertiary/aromatic N) is 1. The van der Waals surface area contributed by atoms with Gasteiger partial charge in [-0.05, 0) is 37.9 Å². The molecule has 1 fully saturated rings. The van der Waals surface area contributed by atoms with Gasteiger partial charge in [0.1, 0.15) is 0 Å². The second-order valence-electron chi connectivity index (χ2n) is 6.27. The van der Waals surface area contributed by atoms with Crippen molar-refractivity contribution in [1.29, 1.82) is 0 Å². The van der Waals surface area contributed by atoms with Gasteiger partial charge in [0, 0.05) is 11.6 Å². The Morgan fingerprint density at radius 2 is 1.95 bits per heavy atom. The molecule has 120 valence electrons. The molecule has 22 heavy (non-hydrogen) atoms. The van der Waals surface area contributed by atoms with E-state index in [1.54, 1.807) is 6.07 Å². The fraction of sp³-hybridized carbons (Fsp3) is 0.611. The maximum Gasteiger partial charge on any atom is 0.341 e. The fourth-order valence-electron chi connectivity index (χ4n) is 3.90. The summed E-state index contributed by atoms with van der Waals surface area (Å²) in [5.41, 5.74) is 1.50. The summed E-state index contributed by atoms with van der Waals surface area (Å²) in [4.78, 5) is 14.4. The van der Waals surface area contributed by atoms with Crippen LogP contribution in [0.2, 0.25) is 0 Å². The highest BCUT2D eigenvalue weighted by Crippen LogP contribution is 2.38. The van der Waals surface area contributed by atoms with Gasteiger partial charge < -0.3 is 9.47 Å². The SMILES string of the molecule is CCN(CC)[C@@H]1[C@@H](OC2OC(=O)c3ccccc32)CC[C@@H]1C. The van der Waals surface area contributed by atoms with Crippen molar-refractivity contribution in [2.75, 3.05) is 13.1 Å². The number of esters is 1. The molecular weight excluding hydrogens is 278 g/mol. The van der Waals surface area contributed by atoms with E-state index in [-0.39, 0.29) is 12.1 Å². The van der Waals surface area contributed by atoms with Gasteiger partial charge in [-0.1, -0.05) is 39.0 Å². The Morgan fingerprint density at radius 3 is 2.68 bits per heavy atom. The van der Waals surface area contributed by atoms with Crippen molar-refractivity contribution < 1.29 is 14.3 Å². The monoisotopic (exact) mass is 303 g/mol. The van der Waals surface area contributed by atoms with Gasteiger partial charge in [-0.3, -0.25) is 4.90 Å². The quantitative estimate of drug-likeness (QED) is 0.782. The number of hydrogen-bond donors (Lipinski definition) is 0. The number of ether oxygens (including phenoxy) is 2. The molecule has 1 aliphatic carbocycles. The van der Waals surface area contributed by atoms with E-state index in [1.807, 2.05) is 18.2 Å². The van der Waals surface area contributed by atoms with Gasteiger partial charge in [-0.2, -0.15) is 0 Å². The van der Waals surface area contributed by atoms with Crippen molar-refractivity contribution in [2.24, 2.45) is 5.92 Å². The lowest BCUT2D eigenvalue weighted by molar-refractivity contribution is -0.151. The minimum atomic E-state index is -0.544. The molecular formula is C18H25NO3. The van der Waals surface area contributed by atoms with Crippen LogP contribution in [0.3, 0.4) is 0 Å². The molecule has 0 spiro atoms. The van der Waals surface area contributed by atoms with Crippen molar-refractivity contribution >= 4 is 5.97 Å². The molecule has 0 bridgehead atoms. The third kappa shape index (κ3) is 2.66. The molecule has 1 unspecified atom stereocenters. The maximum absolute atomic E-state index is 11.9. The minimum Gasteiger partial charge on any atom is -0.428 e. The normalized spacial score (nSPS) is 30.6. The summed E-state index contributed by atoms with van der Waals surface area (Å²) in [5.74, 6) is 0.336. The van der Waals surface area contributed by atoms with E-state index in [9.17, 15) is 4.79 Å². The molecule has 0 amide bonds. The molecule has 1 aliphatic heterocycles. The van der Waals surface area contributed by atoms with Crippen LogP contribution in [-0.2, 0) is 9.47 Å². The molecule has 3 rings (SSSR count). The van der Waals surface area contributed by atoms with Crippen LogP contribution in [0.25, 0.3) is 0 Å². The number of cyclic esters (lactones) is 1. The average Bonchev–Trinajstić information content (AvgIpc) is 3.04. The highest BCUT2D eigenvalue weighted by Gasteiger charge is 2.41. The molecule has 0 saturated heterocycles. The molecule has 1 heterocycles. The van der Waals surface area contributed by atoms with Gasteiger partial charge in [0.25, 0.3) is 0 Å². The van der Waals surface area contributed by atoms with Crippen LogP contribution in [0.5, 0.6) is 0 Å². The Kier molecular flexibility index (Phi) is 4.50. The van der Waals surface area contributed by atoms with E-state index in [0.717, 1.165) is 31.5 Å². The third-order valence-corrected chi connectivity index (χ3v) is 5.05. The topological polar surface area (TPSA) is 38.8 Å². The average molecular weight is 303 g/mol. The van der Waals surface area contributed by atoms with Gasteiger partial charge in [-0.25, -0.2) is 4.79 Å². The molecule has 4 heteroatoms. The van der Waals surface area contributed by atoms with Crippen LogP contribution in [0.15, 0.2) is 24.3 Å². The van der Waals surface area contributed by atoms with Gasteiger partial charge in [0.2, 0.25) is 6.29 Å². The number of fused-ring (bicyclic) bond motifs is 1. The summed E-state index contributed by atoms with van der Waals surface area (Å²) in [5, 5.41) is 0. The van der Waals surface area contributed by atoms with Crippen molar-refractivity contribution in [3.8, 4) is 0 Å². The molecule has 1 aromatic rings. The van der Waals surface area contributed by atoms with Crippen molar-refractivity contribution in [2.45, 2.75) is 52.0 Å². The molecule has 1 saturated carbocycles. The number of benzene rings is 1. The zero-order chi connectivity index (χ0) is 15.7. The van der Waals surface area contributed by atoms with Crippen molar-refractivity contribution in [3.63, 3.8) is 0 Å². The number of hydrogen-bond acceptors (Lipinski definition) is 4. The van der Waals surface area contributed by atoms with E-state index < -0.39 is 6.29 Å². The highest BCUT2D eigenvalue weighted by molar-refractivity contribution is 5.93. The van der Waals surface area contributed by atoms with Gasteiger partial charge in [-0.15, -0.1) is 0 Å². The predicted molar refractivity (Wildman–Crippen MR) is 84.6 cm³/mol. The van der Waals surface area contributed by atoms with Crippen LogP contribution in [0, 0.1) is 5.92 Å². The standard InChI is InChI=1S/C18H25NO3/c1-4-19(5-2)16-12(3)10-11-15(16)21-18-14-9-7-6-8-13(14)17(20)22-18/h6-9,12,15-16,18H,4-5,10-11H2,1-3H3/t12-,15-,16-,18?/m0/s1. The molecule has 0 radical (unpaired) electrons. The Hall–Kier alpha value is -1.39. The summed E-state index contributed by atoms with van der Waals surface area (Å²) in [6, 6.07) is 7.92. The Labute approximate surface area is 132 Å². The van der Waals surface area contributed by atoms with E-state index in [4.69, 9.17) is 9.47 Å². The van der Waals surface area contributed by atoms with E-state index >= 15 is 0 Å². The lowest BCUT2D eigenvalue weighted by Gasteiger charge is -2.34. The summed E-state index contributed by atoms with van der Waals surface area (Å²) < 4.78 is 11.7. The van der Waals surface area contributed by atoms with E-state index in [1.165, 1.54) is 0 Å². The molecule has 4 atom stereocenters. The first kappa shape index (κ1) is 15.5. The summed E-state index contributed by atoms with van der Waals surface area (Å²) in [7, 11) is 0. The second-order valence-corrected chi connectivity index (χ2v) is 6.27. The highest BCUT2D eigenvalue weighted by atomic mass is 16.7. The van der Waals surface area contributed by atoms with E-state index in [2.05, 4.69) is 25.7 Å². The Bertz CT molecular complexity index is 541. The number of rotatable bonds is 5. The van der Waals surface area contributed by atoms with Crippen LogP contribution < -0.4 is 0 Å². The predicted octanol–water partition coefficient (Wildman–Crippen LogP) is 3.38. The van der Waals surface area contributed by atoms with E-state index in [0.29, 0.717) is 17.5 Å². The number of likely N-dealkylation sites (N-methyl/N-ethyl adjacent to an activating group) is 1. The number of carbonyl (C=O) groups excluding carboxylic acids is 1. The van der Waals surface area contributed by atoms with Gasteiger partial charge in [0.05, 0.1) is 11.7 Å². The van der Waals surface area contributed by atoms with Crippen LogP contribution in [0.4, 0.5) is 0 Å². The Balaban J connectivity index is 1.77. The first-order valence-electron chi connectivity index (χ1n) is 8.35. The lowest BCUT2D eigenvalue weighted by Crippen LogP contribution is -2.44. The molecule has 1 aromatic carbocycles. The smallest absolute Gasteiger partial charge is 0.341 e. The molecule has 0 N–H and O–H groups in total. The van der Waals surface area contributed by atoms with Gasteiger partial charge >= 0.3 is 5.97 Å². The Morgan fingerprint density at radius 1 is 1.23 bits per heavy atom. The number of carbonyl (C=O) groups is 1. The lowest BCUT2D eigenvalue weighted by atomic mass is 10.0.